The van der Waals surface area contributed by atoms with Crippen LogP contribution >= 0.6 is 11.8 Å². The number of hydrogen-bond donors (Lipinski definition) is 2. The van der Waals surface area contributed by atoms with Gasteiger partial charge in [-0.25, -0.2) is 4.98 Å². The van der Waals surface area contributed by atoms with E-state index >= 15 is 0 Å². The molecule has 1 aromatic heterocycles. The van der Waals surface area contributed by atoms with Crippen molar-refractivity contribution in [3.8, 4) is 11.5 Å². The fraction of sp³-hybridized carbons (Fsp3) is 0.241. The molecule has 2 N–H and O–H groups in total. The van der Waals surface area contributed by atoms with Crippen LogP contribution in [0.5, 0.6) is 11.5 Å². The normalized spacial score (nSPS) is 12.7. The van der Waals surface area contributed by atoms with Crippen LogP contribution in [0.15, 0.2) is 76.7 Å². The van der Waals surface area contributed by atoms with Crippen LogP contribution < -0.4 is 25.7 Å². The average Bonchev–Trinajstić information content (AvgIpc) is 3.78. The fourth-order valence-corrected chi connectivity index (χ4v) is 4.88. The highest BCUT2D eigenvalue weighted by atomic mass is 32.2. The highest BCUT2D eigenvalue weighted by molar-refractivity contribution is 7.99. The van der Waals surface area contributed by atoms with Crippen molar-refractivity contribution in [2.75, 3.05) is 25.3 Å². The molecule has 1 heterocycles. The van der Waals surface area contributed by atoms with Gasteiger partial charge in [-0.15, -0.1) is 0 Å². The van der Waals surface area contributed by atoms with Gasteiger partial charge < -0.3 is 20.1 Å². The third-order valence-corrected chi connectivity index (χ3v) is 7.27. The molecule has 39 heavy (non-hydrogen) atoms. The Balaban J connectivity index is 1.34. The van der Waals surface area contributed by atoms with Gasteiger partial charge in [0.2, 0.25) is 5.91 Å². The lowest BCUT2D eigenvalue weighted by Crippen LogP contribution is -2.26. The smallest absolute Gasteiger partial charge is 0.262 e. The van der Waals surface area contributed by atoms with Crippen LogP contribution in [0.4, 0.5) is 5.69 Å². The SMILES string of the molecule is COc1ccc(NC(=O)CSc2nc3ccccc3c(=O)n2Cc2ccc(C(=O)NC3CC3)cc2)cc1OC. The number of aromatic nitrogens is 2. The van der Waals surface area contributed by atoms with E-state index in [2.05, 4.69) is 10.6 Å². The maximum atomic E-state index is 13.4. The predicted octanol–water partition coefficient (Wildman–Crippen LogP) is 4.09. The third-order valence-electron chi connectivity index (χ3n) is 6.30. The number of carbonyl (C=O) groups excluding carboxylic acids is 2. The first-order valence-corrected chi connectivity index (χ1v) is 13.5. The monoisotopic (exact) mass is 544 g/mol. The van der Waals surface area contributed by atoms with Crippen molar-refractivity contribution in [2.24, 2.45) is 0 Å². The molecule has 2 amide bonds. The molecule has 9 nitrogen and oxygen atoms in total. The Labute approximate surface area is 229 Å². The summed E-state index contributed by atoms with van der Waals surface area (Å²) >= 11 is 1.18. The quantitative estimate of drug-likeness (QED) is 0.229. The van der Waals surface area contributed by atoms with E-state index in [-0.39, 0.29) is 35.7 Å². The highest BCUT2D eigenvalue weighted by Crippen LogP contribution is 2.30. The zero-order valence-corrected chi connectivity index (χ0v) is 22.4. The molecule has 1 aliphatic rings. The lowest BCUT2D eigenvalue weighted by molar-refractivity contribution is -0.113. The molecule has 0 spiro atoms. The number of rotatable bonds is 10. The minimum atomic E-state index is -0.257. The average molecular weight is 545 g/mol. The number of anilines is 1. The summed E-state index contributed by atoms with van der Waals surface area (Å²) in [6.45, 7) is 0.251. The van der Waals surface area contributed by atoms with E-state index in [9.17, 15) is 14.4 Å². The Hall–Kier alpha value is -4.31. The van der Waals surface area contributed by atoms with Crippen molar-refractivity contribution in [2.45, 2.75) is 30.6 Å². The molecule has 10 heteroatoms. The molecule has 0 unspecified atom stereocenters. The maximum absolute atomic E-state index is 13.4. The second kappa shape index (κ2) is 11.6. The van der Waals surface area contributed by atoms with Gasteiger partial charge >= 0.3 is 0 Å². The molecule has 200 valence electrons. The Morgan fingerprint density at radius 3 is 2.46 bits per heavy atom. The van der Waals surface area contributed by atoms with Gasteiger partial charge in [0, 0.05) is 23.4 Å². The molecule has 3 aromatic carbocycles. The van der Waals surface area contributed by atoms with E-state index in [1.165, 1.54) is 18.9 Å². The van der Waals surface area contributed by atoms with Crippen LogP contribution in [-0.2, 0) is 11.3 Å². The molecule has 0 aliphatic heterocycles. The molecule has 0 radical (unpaired) electrons. The number of nitrogens with one attached hydrogen (secondary N) is 2. The second-order valence-corrected chi connectivity index (χ2v) is 10.1. The van der Waals surface area contributed by atoms with E-state index in [4.69, 9.17) is 14.5 Å². The zero-order valence-electron chi connectivity index (χ0n) is 21.6. The Morgan fingerprint density at radius 2 is 1.74 bits per heavy atom. The van der Waals surface area contributed by atoms with E-state index in [0.717, 1.165) is 18.4 Å². The van der Waals surface area contributed by atoms with Gasteiger partial charge in [-0.2, -0.15) is 0 Å². The summed E-state index contributed by atoms with van der Waals surface area (Å²) in [6, 6.07) is 19.7. The van der Waals surface area contributed by atoms with Gasteiger partial charge in [-0.1, -0.05) is 36.0 Å². The topological polar surface area (TPSA) is 112 Å². The van der Waals surface area contributed by atoms with Crippen LogP contribution in [0.3, 0.4) is 0 Å². The van der Waals surface area contributed by atoms with Gasteiger partial charge in [-0.05, 0) is 54.8 Å². The molecule has 5 rings (SSSR count). The Bertz CT molecular complexity index is 1580. The van der Waals surface area contributed by atoms with E-state index < -0.39 is 0 Å². The van der Waals surface area contributed by atoms with Crippen molar-refractivity contribution in [3.63, 3.8) is 0 Å². The fourth-order valence-electron chi connectivity index (χ4n) is 4.08. The van der Waals surface area contributed by atoms with Crippen molar-refractivity contribution >= 4 is 40.2 Å². The molecule has 1 aliphatic carbocycles. The molecule has 0 atom stereocenters. The standard InChI is InChI=1S/C29H28N4O5S/c1-37-24-14-13-21(15-25(24)38-2)30-26(34)17-39-29-32-23-6-4-3-5-22(23)28(36)33(29)16-18-7-9-19(10-8-18)27(35)31-20-11-12-20/h3-10,13-15,20H,11-12,16-17H2,1-2H3,(H,30,34)(H,31,35). The van der Waals surface area contributed by atoms with Crippen LogP contribution in [-0.4, -0.2) is 47.4 Å². The summed E-state index contributed by atoms with van der Waals surface area (Å²) in [4.78, 5) is 43.3. The lowest BCUT2D eigenvalue weighted by Gasteiger charge is -2.14. The van der Waals surface area contributed by atoms with Crippen molar-refractivity contribution in [3.05, 3.63) is 88.2 Å². The number of hydrogen-bond acceptors (Lipinski definition) is 7. The Kier molecular flexibility index (Phi) is 7.83. The molecular weight excluding hydrogens is 516 g/mol. The molecule has 0 bridgehead atoms. The predicted molar refractivity (Wildman–Crippen MR) is 151 cm³/mol. The number of ether oxygens (including phenoxy) is 2. The zero-order chi connectivity index (χ0) is 27.4. The third kappa shape index (κ3) is 6.23. The summed E-state index contributed by atoms with van der Waals surface area (Å²) in [7, 11) is 3.07. The number of methoxy groups -OCH3 is 2. The van der Waals surface area contributed by atoms with Gasteiger partial charge in [0.25, 0.3) is 11.5 Å². The van der Waals surface area contributed by atoms with Crippen molar-refractivity contribution in [1.29, 1.82) is 0 Å². The molecular formula is C29H28N4O5S. The van der Waals surface area contributed by atoms with Crippen LogP contribution in [0.1, 0.15) is 28.8 Å². The van der Waals surface area contributed by atoms with Gasteiger partial charge in [0.1, 0.15) is 0 Å². The minimum absolute atomic E-state index is 0.0411. The summed E-state index contributed by atoms with van der Waals surface area (Å²) in [6.07, 6.45) is 2.04. The highest BCUT2D eigenvalue weighted by Gasteiger charge is 2.23. The summed E-state index contributed by atoms with van der Waals surface area (Å²) in [5.74, 6) is 0.756. The number of fused-ring (bicyclic) bond motifs is 1. The van der Waals surface area contributed by atoms with Crippen LogP contribution in [0.2, 0.25) is 0 Å². The summed E-state index contributed by atoms with van der Waals surface area (Å²) in [5.41, 5.74) is 2.35. The van der Waals surface area contributed by atoms with Crippen molar-refractivity contribution in [1.82, 2.24) is 14.9 Å². The Morgan fingerprint density at radius 1 is 1.00 bits per heavy atom. The van der Waals surface area contributed by atoms with E-state index in [1.54, 1.807) is 60.2 Å². The first kappa shape index (κ1) is 26.3. The summed E-state index contributed by atoms with van der Waals surface area (Å²) in [5, 5.41) is 6.75. The minimum Gasteiger partial charge on any atom is -0.493 e. The maximum Gasteiger partial charge on any atom is 0.262 e. The van der Waals surface area contributed by atoms with Crippen LogP contribution in [0.25, 0.3) is 10.9 Å². The van der Waals surface area contributed by atoms with Gasteiger partial charge in [-0.3, -0.25) is 19.0 Å². The van der Waals surface area contributed by atoms with E-state index in [1.807, 2.05) is 18.2 Å². The van der Waals surface area contributed by atoms with E-state index in [0.29, 0.717) is 38.8 Å². The van der Waals surface area contributed by atoms with Gasteiger partial charge in [0.15, 0.2) is 16.7 Å². The number of para-hydroxylation sites is 1. The number of amides is 2. The second-order valence-electron chi connectivity index (χ2n) is 9.15. The van der Waals surface area contributed by atoms with Crippen molar-refractivity contribution < 1.29 is 19.1 Å². The number of nitrogens with zero attached hydrogens (tertiary/aromatic N) is 2. The number of thioether (sulfide) groups is 1. The lowest BCUT2D eigenvalue weighted by atomic mass is 10.1. The molecule has 0 saturated heterocycles. The van der Waals surface area contributed by atoms with Gasteiger partial charge in [0.05, 0.1) is 37.4 Å². The first-order chi connectivity index (χ1) is 18.9. The largest absolute Gasteiger partial charge is 0.493 e. The molecule has 4 aromatic rings. The number of carbonyl (C=O) groups is 2. The molecule has 1 saturated carbocycles. The molecule has 1 fully saturated rings. The number of benzene rings is 3. The van der Waals surface area contributed by atoms with Crippen LogP contribution in [0, 0.1) is 0 Å². The first-order valence-electron chi connectivity index (χ1n) is 12.5. The summed E-state index contributed by atoms with van der Waals surface area (Å²) < 4.78 is 12.1.